The second-order valence-corrected chi connectivity index (χ2v) is 26.9. The summed E-state index contributed by atoms with van der Waals surface area (Å²) >= 11 is 0. The maximum Gasteiger partial charge on any atom is 0.0947 e. The van der Waals surface area contributed by atoms with E-state index in [9.17, 15) is 0 Å². The smallest absolute Gasteiger partial charge is 0.0947 e. The van der Waals surface area contributed by atoms with Gasteiger partial charge in [0.2, 0.25) is 0 Å². The first-order chi connectivity index (χ1) is 36.1. The van der Waals surface area contributed by atoms with Crippen LogP contribution in [0.5, 0.6) is 0 Å². The van der Waals surface area contributed by atoms with E-state index in [0.29, 0.717) is 17.4 Å². The molecule has 2 nitrogen and oxygen atoms in total. The second kappa shape index (κ2) is 26.2. The fourth-order valence-electron chi connectivity index (χ4n) is 13.2. The summed E-state index contributed by atoms with van der Waals surface area (Å²) in [4.78, 5) is 5.25. The first-order valence-electron chi connectivity index (χ1n) is 29.3. The van der Waals surface area contributed by atoms with Gasteiger partial charge in [0.1, 0.15) is 0 Å². The lowest BCUT2D eigenvalue weighted by Gasteiger charge is -2.42. The highest BCUT2D eigenvalue weighted by Gasteiger charge is 2.55. The Morgan fingerprint density at radius 3 is 1.78 bits per heavy atom. The van der Waals surface area contributed by atoms with E-state index in [1.54, 1.807) is 11.1 Å². The number of fused-ring (bicyclic) bond motifs is 2. The minimum atomic E-state index is -2.26. The van der Waals surface area contributed by atoms with E-state index in [1.165, 1.54) is 163 Å². The third-order valence-electron chi connectivity index (χ3n) is 17.4. The molecular weight excluding hydrogens is 909 g/mol. The molecule has 1 heterocycles. The third-order valence-corrected chi connectivity index (χ3v) is 23.5. The van der Waals surface area contributed by atoms with Gasteiger partial charge in [-0.15, -0.1) is 6.58 Å². The van der Waals surface area contributed by atoms with Crippen molar-refractivity contribution in [3.8, 4) is 11.1 Å². The van der Waals surface area contributed by atoms with Gasteiger partial charge in [0.15, 0.2) is 0 Å². The number of hydrogen-bond donors (Lipinski definition) is 0. The minimum Gasteiger partial charge on any atom is -0.314 e. The molecule has 2 aliphatic carbocycles. The van der Waals surface area contributed by atoms with Crippen molar-refractivity contribution in [1.82, 2.24) is 0 Å². The average molecular weight is 1000 g/mol. The fourth-order valence-corrected chi connectivity index (χ4v) is 20.1. The quantitative estimate of drug-likeness (QED) is 0.0294. The Kier molecular flexibility index (Phi) is 19.4. The molecule has 5 aromatic rings. The van der Waals surface area contributed by atoms with Crippen molar-refractivity contribution in [3.63, 3.8) is 0 Å². The number of unbranched alkanes of at least 4 members (excludes halogenated alkanes) is 11. The van der Waals surface area contributed by atoms with Crippen LogP contribution in [0.3, 0.4) is 0 Å². The highest BCUT2D eigenvalue weighted by Crippen LogP contribution is 2.62. The summed E-state index contributed by atoms with van der Waals surface area (Å²) in [5.41, 5.74) is 20.8. The molecule has 0 amide bonds. The van der Waals surface area contributed by atoms with Crippen LogP contribution in [0.4, 0.5) is 22.7 Å². The van der Waals surface area contributed by atoms with Crippen LogP contribution in [0.2, 0.25) is 17.6 Å². The lowest BCUT2D eigenvalue weighted by atomic mass is 9.82. The molecule has 0 saturated heterocycles. The molecule has 4 unspecified atom stereocenters. The van der Waals surface area contributed by atoms with Gasteiger partial charge >= 0.3 is 0 Å². The molecule has 0 fully saturated rings. The number of aryl methyl sites for hydroxylation is 3. The molecule has 0 saturated carbocycles. The molecule has 0 bridgehead atoms. The molecule has 0 spiro atoms. The molecule has 388 valence electrons. The SMILES string of the molecule is C=CCC(CC)c1ccc(N(C2=C(C)C3C(C=C2)C2=C(C=C(N(c4ccc(-c5cccc(C)c5)cc4)c4ccc(C)c(C)c4)CC2)[Si]3(CCCCCCCC)CCCCCCCCC)c2ccc(C=C)cc2)cc1. The van der Waals surface area contributed by atoms with Crippen LogP contribution < -0.4 is 9.80 Å². The monoisotopic (exact) mass is 999 g/mol. The van der Waals surface area contributed by atoms with Gasteiger partial charge in [0.25, 0.3) is 0 Å². The molecule has 8 rings (SSSR count). The van der Waals surface area contributed by atoms with Crippen molar-refractivity contribution in [2.45, 2.75) is 181 Å². The van der Waals surface area contributed by atoms with E-state index in [1.807, 2.05) is 11.3 Å². The summed E-state index contributed by atoms with van der Waals surface area (Å²) < 4.78 is 0. The largest absolute Gasteiger partial charge is 0.314 e. The van der Waals surface area contributed by atoms with Crippen LogP contribution in [0.25, 0.3) is 17.2 Å². The van der Waals surface area contributed by atoms with Crippen molar-refractivity contribution in [1.29, 1.82) is 0 Å². The van der Waals surface area contributed by atoms with Gasteiger partial charge in [-0.2, -0.15) is 0 Å². The number of allylic oxidation sites excluding steroid dienone is 8. The van der Waals surface area contributed by atoms with Crippen molar-refractivity contribution in [3.05, 3.63) is 208 Å². The van der Waals surface area contributed by atoms with Gasteiger partial charge in [-0.05, 0) is 164 Å². The minimum absolute atomic E-state index is 0.447. The molecule has 74 heavy (non-hydrogen) atoms. The van der Waals surface area contributed by atoms with Gasteiger partial charge < -0.3 is 9.80 Å². The van der Waals surface area contributed by atoms with Gasteiger partial charge in [0, 0.05) is 40.1 Å². The summed E-state index contributed by atoms with van der Waals surface area (Å²) in [5, 5.41) is 1.81. The standard InChI is InChI=1S/C71H90N2Si/c1-10-15-17-19-21-23-25-49-74(48-24-22-20-18-16-11-2)70-52-66(72(65-37-30-54(7)55(8)51-65)62-40-35-60(36-41-62)61-29-26-28-53(6)50-61)44-45-67(70)68-46-47-69(56(9)71(68)74)73(63-38-31-57(13-4)32-39-63)64-42-33-59(34-43-64)58(14-5)27-12-3/h12-13,26,28-43,46-47,50-52,58,68,71H,3-4,10-11,14-25,27,44-45,48-49H2,1-2,5-9H3. The van der Waals surface area contributed by atoms with Gasteiger partial charge in [0.05, 0.1) is 8.07 Å². The summed E-state index contributed by atoms with van der Waals surface area (Å²) in [6.45, 7) is 24.5. The fraction of sp³-hybridized carbons (Fsp3) is 0.408. The van der Waals surface area contributed by atoms with Gasteiger partial charge in [-0.1, -0.05) is 224 Å². The highest BCUT2D eigenvalue weighted by molar-refractivity contribution is 6.90. The Hall–Kier alpha value is -5.64. The van der Waals surface area contributed by atoms with Gasteiger partial charge in [-0.25, -0.2) is 0 Å². The maximum atomic E-state index is 4.12. The molecule has 3 heteroatoms. The predicted molar refractivity (Wildman–Crippen MR) is 328 cm³/mol. The van der Waals surface area contributed by atoms with Crippen molar-refractivity contribution < 1.29 is 0 Å². The number of benzene rings is 5. The predicted octanol–water partition coefficient (Wildman–Crippen LogP) is 21.9. The summed E-state index contributed by atoms with van der Waals surface area (Å²) in [5.74, 6) is 0.930. The highest BCUT2D eigenvalue weighted by atomic mass is 28.3. The van der Waals surface area contributed by atoms with Crippen molar-refractivity contribution in [2.24, 2.45) is 5.92 Å². The zero-order chi connectivity index (χ0) is 52.0. The first kappa shape index (κ1) is 54.6. The van der Waals surface area contributed by atoms with Crippen molar-refractivity contribution >= 4 is 36.9 Å². The number of rotatable bonds is 27. The van der Waals surface area contributed by atoms with Crippen LogP contribution in [-0.4, -0.2) is 8.07 Å². The summed E-state index contributed by atoms with van der Waals surface area (Å²) in [6, 6.07) is 47.0. The zero-order valence-electron chi connectivity index (χ0n) is 46.8. The topological polar surface area (TPSA) is 6.48 Å². The van der Waals surface area contributed by atoms with E-state index in [4.69, 9.17) is 0 Å². The number of anilines is 4. The van der Waals surface area contributed by atoms with Crippen LogP contribution in [0.1, 0.15) is 171 Å². The Morgan fingerprint density at radius 2 is 1.19 bits per heavy atom. The lowest BCUT2D eigenvalue weighted by molar-refractivity contribution is 0.595. The lowest BCUT2D eigenvalue weighted by Crippen LogP contribution is -2.42. The van der Waals surface area contributed by atoms with E-state index < -0.39 is 8.07 Å². The second-order valence-electron chi connectivity index (χ2n) is 22.4. The van der Waals surface area contributed by atoms with Crippen LogP contribution in [-0.2, 0) is 0 Å². The van der Waals surface area contributed by atoms with E-state index in [2.05, 4.69) is 211 Å². The average Bonchev–Trinajstić information content (AvgIpc) is 3.72. The van der Waals surface area contributed by atoms with E-state index in [0.717, 1.165) is 31.2 Å². The molecule has 4 atom stereocenters. The molecule has 5 aromatic carbocycles. The van der Waals surface area contributed by atoms with E-state index in [-0.39, 0.29) is 0 Å². The van der Waals surface area contributed by atoms with Crippen molar-refractivity contribution in [2.75, 3.05) is 9.80 Å². The molecule has 0 radical (unpaired) electrons. The Morgan fingerprint density at radius 1 is 0.595 bits per heavy atom. The molecule has 1 aliphatic heterocycles. The Labute approximate surface area is 450 Å². The summed E-state index contributed by atoms with van der Waals surface area (Å²) in [6.07, 6.45) is 33.8. The molecule has 0 aromatic heterocycles. The van der Waals surface area contributed by atoms with E-state index >= 15 is 0 Å². The maximum absolute atomic E-state index is 4.12. The van der Waals surface area contributed by atoms with Crippen LogP contribution >= 0.6 is 0 Å². The Balaban J connectivity index is 1.27. The first-order valence-corrected chi connectivity index (χ1v) is 31.7. The Bertz CT molecular complexity index is 2780. The van der Waals surface area contributed by atoms with Gasteiger partial charge in [-0.3, -0.25) is 0 Å². The molecule has 3 aliphatic rings. The molecule has 0 N–H and O–H groups in total. The number of nitrogens with zero attached hydrogens (tertiary/aromatic N) is 2. The van der Waals surface area contributed by atoms with Crippen LogP contribution in [0, 0.1) is 26.7 Å². The number of hydrogen-bond acceptors (Lipinski definition) is 2. The molecular formula is C71H90N2Si. The third kappa shape index (κ3) is 12.4. The zero-order valence-corrected chi connectivity index (χ0v) is 47.8. The summed E-state index contributed by atoms with van der Waals surface area (Å²) in [7, 11) is -2.26. The normalized spacial score (nSPS) is 18.5. The van der Waals surface area contributed by atoms with Crippen LogP contribution in [0.15, 0.2) is 180 Å².